The first-order valence-corrected chi connectivity index (χ1v) is 12.9. The minimum absolute atomic E-state index is 0.0783. The molecule has 5 bridgehead atoms. The highest BCUT2D eigenvalue weighted by atomic mass is 16.5. The summed E-state index contributed by atoms with van der Waals surface area (Å²) < 4.78 is 5.68. The van der Waals surface area contributed by atoms with Crippen LogP contribution < -0.4 is 16.1 Å². The Morgan fingerprint density at radius 2 is 1.84 bits per heavy atom. The number of carbonyl (C=O) groups is 4. The van der Waals surface area contributed by atoms with Crippen molar-refractivity contribution in [2.24, 2.45) is 5.92 Å². The van der Waals surface area contributed by atoms with Crippen LogP contribution in [0.15, 0.2) is 30.3 Å². The zero-order valence-electron chi connectivity index (χ0n) is 22.1. The molecule has 11 heteroatoms. The lowest BCUT2D eigenvalue weighted by atomic mass is 10.0. The highest BCUT2D eigenvalue weighted by molar-refractivity contribution is 5.92. The summed E-state index contributed by atoms with van der Waals surface area (Å²) in [6, 6.07) is 5.03. The summed E-state index contributed by atoms with van der Waals surface area (Å²) in [6.07, 6.45) is 4.04. The molecule has 4 unspecified atom stereocenters. The van der Waals surface area contributed by atoms with Crippen LogP contribution in [0.1, 0.15) is 64.3 Å². The van der Waals surface area contributed by atoms with Crippen LogP contribution in [0.25, 0.3) is 17.0 Å². The molecule has 3 amide bonds. The van der Waals surface area contributed by atoms with Gasteiger partial charge in [-0.25, -0.2) is 5.43 Å². The predicted molar refractivity (Wildman–Crippen MR) is 140 cm³/mol. The summed E-state index contributed by atoms with van der Waals surface area (Å²) in [7, 11) is 0. The first kappa shape index (κ1) is 27.2. The fourth-order valence-electron chi connectivity index (χ4n) is 4.48. The van der Waals surface area contributed by atoms with E-state index in [9.17, 15) is 19.2 Å². The molecule has 1 fully saturated rings. The number of benzene rings is 1. The summed E-state index contributed by atoms with van der Waals surface area (Å²) in [5, 5.41) is 16.1. The number of fused-ring (bicyclic) bond motifs is 4. The lowest BCUT2D eigenvalue weighted by Crippen LogP contribution is -2.61. The predicted octanol–water partition coefficient (Wildman–Crippen LogP) is 1.79. The van der Waals surface area contributed by atoms with Crippen LogP contribution in [0.2, 0.25) is 0 Å². The number of hydrogen-bond donors (Lipinski definition) is 3. The van der Waals surface area contributed by atoms with Gasteiger partial charge in [0.05, 0.1) is 5.52 Å². The van der Waals surface area contributed by atoms with Gasteiger partial charge in [-0.3, -0.25) is 24.2 Å². The minimum Gasteiger partial charge on any atom is -0.455 e. The Morgan fingerprint density at radius 3 is 2.61 bits per heavy atom. The normalized spacial score (nSPS) is 25.8. The number of aromatic nitrogens is 2. The van der Waals surface area contributed by atoms with Crippen LogP contribution in [0.4, 0.5) is 0 Å². The van der Waals surface area contributed by atoms with Crippen molar-refractivity contribution in [1.82, 2.24) is 31.3 Å². The summed E-state index contributed by atoms with van der Waals surface area (Å²) in [5.74, 6) is -1.84. The van der Waals surface area contributed by atoms with E-state index in [0.29, 0.717) is 30.6 Å². The molecule has 11 nitrogen and oxygen atoms in total. The van der Waals surface area contributed by atoms with Crippen molar-refractivity contribution in [3.8, 4) is 0 Å². The number of nitrogens with zero attached hydrogens (tertiary/aromatic N) is 3. The topological polar surface area (TPSA) is 143 Å². The van der Waals surface area contributed by atoms with E-state index in [1.54, 1.807) is 19.9 Å². The molecule has 38 heavy (non-hydrogen) atoms. The van der Waals surface area contributed by atoms with Crippen molar-refractivity contribution >= 4 is 40.7 Å². The second-order valence-corrected chi connectivity index (χ2v) is 10.1. The number of esters is 1. The first-order valence-electron chi connectivity index (χ1n) is 12.9. The number of nitrogens with one attached hydrogen (secondary N) is 3. The molecule has 1 aromatic heterocycles. The summed E-state index contributed by atoms with van der Waals surface area (Å²) in [6.45, 7) is 7.33. The fourth-order valence-corrected chi connectivity index (χ4v) is 4.48. The Balaban J connectivity index is 1.64. The number of ether oxygens (including phenoxy) is 1. The Morgan fingerprint density at radius 1 is 1.05 bits per heavy atom. The van der Waals surface area contributed by atoms with Gasteiger partial charge >= 0.3 is 5.97 Å². The molecule has 1 aromatic carbocycles. The van der Waals surface area contributed by atoms with Crippen LogP contribution in [0, 0.1) is 5.92 Å². The largest absolute Gasteiger partial charge is 0.455 e. The van der Waals surface area contributed by atoms with Gasteiger partial charge in [-0.1, -0.05) is 32.1 Å². The average molecular weight is 523 g/mol. The molecule has 4 rings (SSSR count). The number of cyclic esters (lactones) is 1. The third-order valence-corrected chi connectivity index (χ3v) is 6.68. The van der Waals surface area contributed by atoms with Crippen molar-refractivity contribution in [3.63, 3.8) is 0 Å². The first-order chi connectivity index (χ1) is 18.1. The van der Waals surface area contributed by atoms with Gasteiger partial charge in [-0.15, -0.1) is 0 Å². The van der Waals surface area contributed by atoms with Crippen LogP contribution in [-0.2, 0) is 23.9 Å². The van der Waals surface area contributed by atoms with Gasteiger partial charge in [0.2, 0.25) is 11.8 Å². The number of carbonyl (C=O) groups excluding carboxylic acids is 4. The van der Waals surface area contributed by atoms with E-state index in [2.05, 4.69) is 26.3 Å². The van der Waals surface area contributed by atoms with Gasteiger partial charge < -0.3 is 15.4 Å². The Bertz CT molecular complexity index is 1260. The number of hydrogen-bond acceptors (Lipinski definition) is 8. The maximum atomic E-state index is 13.1. The molecular weight excluding hydrogens is 488 g/mol. The van der Waals surface area contributed by atoms with E-state index < -0.39 is 36.1 Å². The van der Waals surface area contributed by atoms with Crippen molar-refractivity contribution in [2.75, 3.05) is 6.54 Å². The molecule has 3 heterocycles. The molecule has 2 aliphatic heterocycles. The van der Waals surface area contributed by atoms with Gasteiger partial charge in [0.1, 0.15) is 29.9 Å². The smallest absolute Gasteiger partial charge is 0.325 e. The van der Waals surface area contributed by atoms with E-state index in [1.807, 2.05) is 44.2 Å². The van der Waals surface area contributed by atoms with Gasteiger partial charge in [0.15, 0.2) is 0 Å². The second-order valence-electron chi connectivity index (χ2n) is 10.1. The van der Waals surface area contributed by atoms with Gasteiger partial charge in [0, 0.05) is 18.4 Å². The SMILES string of the molecule is CC1NC(=O)C(C(C)C)NC(=O)CC=Cc2ccc3nnc(cc3c2)C(C)OC(=O)C2CCCN(N2)C1=O. The van der Waals surface area contributed by atoms with Crippen LogP contribution >= 0.6 is 0 Å². The van der Waals surface area contributed by atoms with Crippen molar-refractivity contribution in [1.29, 1.82) is 0 Å². The van der Waals surface area contributed by atoms with Gasteiger partial charge in [-0.2, -0.15) is 10.2 Å². The second kappa shape index (κ2) is 11.7. The molecule has 4 atom stereocenters. The summed E-state index contributed by atoms with van der Waals surface area (Å²) in [4.78, 5) is 51.7. The minimum atomic E-state index is -0.871. The number of amides is 3. The van der Waals surface area contributed by atoms with Crippen molar-refractivity contribution < 1.29 is 23.9 Å². The van der Waals surface area contributed by atoms with Gasteiger partial charge in [0.25, 0.3) is 5.91 Å². The molecule has 1 saturated heterocycles. The molecule has 0 spiro atoms. The lowest BCUT2D eigenvalue weighted by molar-refractivity contribution is -0.157. The van der Waals surface area contributed by atoms with E-state index in [-0.39, 0.29) is 24.2 Å². The van der Waals surface area contributed by atoms with Gasteiger partial charge in [-0.05, 0) is 56.4 Å². The van der Waals surface area contributed by atoms with E-state index >= 15 is 0 Å². The van der Waals surface area contributed by atoms with Crippen LogP contribution in [-0.4, -0.2) is 63.6 Å². The third kappa shape index (κ3) is 6.34. The average Bonchev–Trinajstić information content (AvgIpc) is 2.90. The molecule has 0 radical (unpaired) electrons. The molecule has 0 saturated carbocycles. The maximum absolute atomic E-state index is 13.1. The Labute approximate surface area is 221 Å². The zero-order valence-corrected chi connectivity index (χ0v) is 22.1. The quantitative estimate of drug-likeness (QED) is 0.481. The number of hydrazine groups is 1. The standard InChI is InChI=1S/C27H34N6O5/c1-15(2)24-25(35)28-16(3)26(36)33-12-6-8-21(32-33)27(37)38-17(4)22-14-19-13-18(7-5-9-23(34)29-24)10-11-20(19)30-31-22/h5,7,10-11,13-17,21,24,32H,6,8-9,12H2,1-4H3,(H,28,35)(H,29,34). The highest BCUT2D eigenvalue weighted by Crippen LogP contribution is 2.22. The Kier molecular flexibility index (Phi) is 8.35. The summed E-state index contributed by atoms with van der Waals surface area (Å²) in [5.41, 5.74) is 4.99. The van der Waals surface area contributed by atoms with Crippen LogP contribution in [0.3, 0.4) is 0 Å². The monoisotopic (exact) mass is 522 g/mol. The van der Waals surface area contributed by atoms with Crippen molar-refractivity contribution in [3.05, 3.63) is 41.6 Å². The summed E-state index contributed by atoms with van der Waals surface area (Å²) >= 11 is 0. The van der Waals surface area contributed by atoms with E-state index in [4.69, 9.17) is 4.74 Å². The van der Waals surface area contributed by atoms with Crippen molar-refractivity contribution in [2.45, 2.75) is 71.2 Å². The molecule has 202 valence electrons. The zero-order chi connectivity index (χ0) is 27.4. The third-order valence-electron chi connectivity index (χ3n) is 6.68. The van der Waals surface area contributed by atoms with E-state index in [1.165, 1.54) is 5.01 Å². The molecule has 3 N–H and O–H groups in total. The molecule has 0 aliphatic carbocycles. The molecular formula is C27H34N6O5. The molecule has 2 aromatic rings. The lowest BCUT2D eigenvalue weighted by Gasteiger charge is -2.35. The molecule has 2 aliphatic rings. The fraction of sp³-hybridized carbons (Fsp3) is 0.481. The number of rotatable bonds is 1. The Hall–Kier alpha value is -3.86. The highest BCUT2D eigenvalue weighted by Gasteiger charge is 2.33. The van der Waals surface area contributed by atoms with Crippen LogP contribution in [0.5, 0.6) is 0 Å². The van der Waals surface area contributed by atoms with E-state index in [0.717, 1.165) is 10.9 Å². The maximum Gasteiger partial charge on any atom is 0.325 e.